The Kier molecular flexibility index (Phi) is 3.08. The SMILES string of the molecule is CNC(C)(C)C12CC3CC(CC(C3)C1)C2.Cl. The van der Waals surface area contributed by atoms with Crippen molar-refractivity contribution in [2.75, 3.05) is 7.05 Å². The number of hydrogen-bond donors (Lipinski definition) is 1. The maximum atomic E-state index is 3.60. The summed E-state index contributed by atoms with van der Waals surface area (Å²) in [5.41, 5.74) is 0.986. The van der Waals surface area contributed by atoms with Crippen LogP contribution in [0, 0.1) is 23.2 Å². The van der Waals surface area contributed by atoms with Crippen molar-refractivity contribution in [1.29, 1.82) is 0 Å². The van der Waals surface area contributed by atoms with Crippen molar-refractivity contribution in [2.24, 2.45) is 23.2 Å². The molecule has 4 bridgehead atoms. The number of hydrogen-bond acceptors (Lipinski definition) is 1. The number of halogens is 1. The summed E-state index contributed by atoms with van der Waals surface area (Å²) in [5.74, 6) is 3.22. The molecule has 0 amide bonds. The fourth-order valence-corrected chi connectivity index (χ4v) is 5.14. The molecule has 4 rings (SSSR count). The second kappa shape index (κ2) is 3.88. The van der Waals surface area contributed by atoms with Crippen LogP contribution in [0.4, 0.5) is 0 Å². The Morgan fingerprint density at radius 3 is 1.62 bits per heavy atom. The van der Waals surface area contributed by atoms with Crippen LogP contribution in [0.15, 0.2) is 0 Å². The predicted molar refractivity (Wildman–Crippen MR) is 71.0 cm³/mol. The number of rotatable bonds is 2. The molecule has 1 nitrogen and oxygen atoms in total. The van der Waals surface area contributed by atoms with E-state index in [2.05, 4.69) is 26.2 Å². The lowest BCUT2D eigenvalue weighted by Gasteiger charge is -2.62. The minimum Gasteiger partial charge on any atom is -0.314 e. The highest BCUT2D eigenvalue weighted by molar-refractivity contribution is 5.85. The van der Waals surface area contributed by atoms with Gasteiger partial charge in [0.25, 0.3) is 0 Å². The third-order valence-corrected chi connectivity index (χ3v) is 5.99. The molecule has 0 spiro atoms. The lowest BCUT2D eigenvalue weighted by Crippen LogP contribution is -2.60. The van der Waals surface area contributed by atoms with Crippen molar-refractivity contribution in [1.82, 2.24) is 5.32 Å². The highest BCUT2D eigenvalue weighted by atomic mass is 35.5. The lowest BCUT2D eigenvalue weighted by atomic mass is 9.45. The van der Waals surface area contributed by atoms with Gasteiger partial charge in [-0.3, -0.25) is 0 Å². The van der Waals surface area contributed by atoms with Crippen molar-refractivity contribution in [3.63, 3.8) is 0 Å². The summed E-state index contributed by atoms with van der Waals surface area (Å²) in [6.45, 7) is 4.86. The van der Waals surface area contributed by atoms with Gasteiger partial charge in [0.1, 0.15) is 0 Å². The van der Waals surface area contributed by atoms with Crippen LogP contribution < -0.4 is 5.32 Å². The normalized spacial score (nSPS) is 45.6. The van der Waals surface area contributed by atoms with Gasteiger partial charge in [0.15, 0.2) is 0 Å². The zero-order valence-electron chi connectivity index (χ0n) is 10.9. The van der Waals surface area contributed by atoms with E-state index in [9.17, 15) is 0 Å². The molecule has 4 aliphatic carbocycles. The Morgan fingerprint density at radius 1 is 0.938 bits per heavy atom. The Labute approximate surface area is 106 Å². The molecule has 0 unspecified atom stereocenters. The molecule has 0 aromatic carbocycles. The molecule has 94 valence electrons. The molecule has 0 atom stereocenters. The molecule has 0 aliphatic heterocycles. The minimum atomic E-state index is 0. The molecule has 0 heterocycles. The second-order valence-electron chi connectivity index (χ2n) is 7.07. The molecule has 2 heteroatoms. The van der Waals surface area contributed by atoms with Crippen molar-refractivity contribution >= 4 is 12.4 Å². The Morgan fingerprint density at radius 2 is 1.31 bits per heavy atom. The van der Waals surface area contributed by atoms with Crippen LogP contribution >= 0.6 is 12.4 Å². The monoisotopic (exact) mass is 243 g/mol. The molecule has 4 saturated carbocycles. The molecule has 0 radical (unpaired) electrons. The summed E-state index contributed by atoms with van der Waals surface area (Å²) in [7, 11) is 2.15. The fraction of sp³-hybridized carbons (Fsp3) is 1.00. The summed E-state index contributed by atoms with van der Waals surface area (Å²) in [4.78, 5) is 0. The van der Waals surface area contributed by atoms with E-state index in [1.807, 2.05) is 0 Å². The first-order valence-corrected chi connectivity index (χ1v) is 6.73. The van der Waals surface area contributed by atoms with E-state index < -0.39 is 0 Å². The van der Waals surface area contributed by atoms with Crippen LogP contribution in [0.3, 0.4) is 0 Å². The lowest BCUT2D eigenvalue weighted by molar-refractivity contribution is -0.0965. The van der Waals surface area contributed by atoms with Gasteiger partial charge in [-0.1, -0.05) is 0 Å². The van der Waals surface area contributed by atoms with Crippen molar-refractivity contribution in [3.05, 3.63) is 0 Å². The molecule has 4 fully saturated rings. The topological polar surface area (TPSA) is 12.0 Å². The molecular weight excluding hydrogens is 218 g/mol. The molecule has 0 aromatic heterocycles. The molecule has 4 aliphatic rings. The smallest absolute Gasteiger partial charge is 0.0178 e. The highest BCUT2D eigenvalue weighted by Gasteiger charge is 2.56. The van der Waals surface area contributed by atoms with E-state index in [1.165, 1.54) is 19.3 Å². The fourth-order valence-electron chi connectivity index (χ4n) is 5.14. The van der Waals surface area contributed by atoms with Crippen molar-refractivity contribution in [2.45, 2.75) is 57.9 Å². The summed E-state index contributed by atoms with van der Waals surface area (Å²) in [6, 6.07) is 0. The van der Waals surface area contributed by atoms with E-state index in [4.69, 9.17) is 0 Å². The standard InChI is InChI=1S/C14H25N.ClH/c1-13(2,15-3)14-7-10-4-11(8-14)6-12(5-10)9-14;/h10-12,15H,4-9H2,1-3H3;1H. The van der Waals surface area contributed by atoms with Crippen LogP contribution in [0.5, 0.6) is 0 Å². The minimum absolute atomic E-state index is 0. The van der Waals surface area contributed by atoms with E-state index in [1.54, 1.807) is 19.3 Å². The average molecular weight is 244 g/mol. The van der Waals surface area contributed by atoms with Gasteiger partial charge < -0.3 is 5.32 Å². The summed E-state index contributed by atoms with van der Waals surface area (Å²) in [5, 5.41) is 3.60. The Bertz CT molecular complexity index is 237. The van der Waals surface area contributed by atoms with Gasteiger partial charge in [-0.05, 0) is 82.6 Å². The van der Waals surface area contributed by atoms with Gasteiger partial charge in [0.05, 0.1) is 0 Å². The van der Waals surface area contributed by atoms with Crippen LogP contribution in [0.1, 0.15) is 52.4 Å². The number of nitrogens with one attached hydrogen (secondary N) is 1. The van der Waals surface area contributed by atoms with E-state index in [0.717, 1.165) is 17.8 Å². The molecule has 0 saturated heterocycles. The maximum Gasteiger partial charge on any atom is 0.0178 e. The third kappa shape index (κ3) is 1.62. The predicted octanol–water partition coefficient (Wildman–Crippen LogP) is 3.62. The Hall–Kier alpha value is 0.250. The van der Waals surface area contributed by atoms with Crippen molar-refractivity contribution < 1.29 is 0 Å². The quantitative estimate of drug-likeness (QED) is 0.781. The molecular formula is C14H26ClN. The molecule has 16 heavy (non-hydrogen) atoms. The third-order valence-electron chi connectivity index (χ3n) is 5.99. The van der Waals surface area contributed by atoms with Gasteiger partial charge in [-0.2, -0.15) is 0 Å². The van der Waals surface area contributed by atoms with E-state index in [0.29, 0.717) is 11.0 Å². The molecule has 0 aromatic rings. The first-order chi connectivity index (χ1) is 7.05. The zero-order valence-corrected chi connectivity index (χ0v) is 11.7. The summed E-state index contributed by atoms with van der Waals surface area (Å²) < 4.78 is 0. The van der Waals surface area contributed by atoms with Gasteiger partial charge in [0, 0.05) is 5.54 Å². The first kappa shape index (κ1) is 12.7. The maximum absolute atomic E-state index is 3.60. The summed E-state index contributed by atoms with van der Waals surface area (Å²) in [6.07, 6.45) is 9.18. The Balaban J connectivity index is 0.000000963. The van der Waals surface area contributed by atoms with Gasteiger partial charge in [0.2, 0.25) is 0 Å². The van der Waals surface area contributed by atoms with Crippen LogP contribution in [0.25, 0.3) is 0 Å². The zero-order chi connectivity index (χ0) is 10.7. The van der Waals surface area contributed by atoms with Crippen LogP contribution in [-0.4, -0.2) is 12.6 Å². The largest absolute Gasteiger partial charge is 0.314 e. The van der Waals surface area contributed by atoms with Crippen LogP contribution in [-0.2, 0) is 0 Å². The van der Waals surface area contributed by atoms with Crippen molar-refractivity contribution in [3.8, 4) is 0 Å². The molecule has 1 N–H and O–H groups in total. The highest BCUT2D eigenvalue weighted by Crippen LogP contribution is 2.63. The van der Waals surface area contributed by atoms with Gasteiger partial charge >= 0.3 is 0 Å². The average Bonchev–Trinajstić information content (AvgIpc) is 2.15. The van der Waals surface area contributed by atoms with Gasteiger partial charge in [-0.25, -0.2) is 0 Å². The van der Waals surface area contributed by atoms with E-state index in [-0.39, 0.29) is 12.4 Å². The first-order valence-electron chi connectivity index (χ1n) is 6.73. The van der Waals surface area contributed by atoms with E-state index >= 15 is 0 Å². The van der Waals surface area contributed by atoms with Crippen LogP contribution in [0.2, 0.25) is 0 Å². The summed E-state index contributed by atoms with van der Waals surface area (Å²) >= 11 is 0. The van der Waals surface area contributed by atoms with Gasteiger partial charge in [-0.15, -0.1) is 12.4 Å². The second-order valence-corrected chi connectivity index (χ2v) is 7.07.